The minimum Gasteiger partial charge on any atom is -0.192 e. The molecule has 0 saturated heterocycles. The van der Waals surface area contributed by atoms with E-state index in [1.165, 1.54) is 5.56 Å². The monoisotopic (exact) mass is 321 g/mol. The summed E-state index contributed by atoms with van der Waals surface area (Å²) in [7, 11) is 0. The molecule has 6 heteroatoms. The molecular formula is C17H15N5S. The van der Waals surface area contributed by atoms with Crippen LogP contribution in [0.1, 0.15) is 22.3 Å². The molecule has 1 aromatic heterocycles. The van der Waals surface area contributed by atoms with Crippen LogP contribution in [0.3, 0.4) is 0 Å². The lowest BCUT2D eigenvalue weighted by molar-refractivity contribution is 0.751. The van der Waals surface area contributed by atoms with E-state index in [9.17, 15) is 0 Å². The average Bonchev–Trinajstić information content (AvgIpc) is 3.01. The number of hydrogen-bond acceptors (Lipinski definition) is 5. The molecule has 0 aliphatic carbocycles. The maximum atomic E-state index is 8.83. The van der Waals surface area contributed by atoms with Crippen molar-refractivity contribution in [1.82, 2.24) is 20.2 Å². The van der Waals surface area contributed by atoms with E-state index in [1.807, 2.05) is 30.3 Å². The van der Waals surface area contributed by atoms with Crippen molar-refractivity contribution < 1.29 is 0 Å². The van der Waals surface area contributed by atoms with Gasteiger partial charge in [0.15, 0.2) is 0 Å². The number of benzene rings is 2. The Labute approximate surface area is 139 Å². The summed E-state index contributed by atoms with van der Waals surface area (Å²) < 4.78 is 1.77. The second-order valence-electron chi connectivity index (χ2n) is 5.26. The van der Waals surface area contributed by atoms with Gasteiger partial charge in [-0.15, -0.1) is 5.10 Å². The molecular weight excluding hydrogens is 306 g/mol. The van der Waals surface area contributed by atoms with Gasteiger partial charge in [-0.3, -0.25) is 0 Å². The van der Waals surface area contributed by atoms with Crippen molar-refractivity contribution in [3.8, 4) is 11.8 Å². The molecule has 0 N–H and O–H groups in total. The molecule has 0 saturated carbocycles. The van der Waals surface area contributed by atoms with Crippen LogP contribution >= 0.6 is 11.8 Å². The predicted molar refractivity (Wildman–Crippen MR) is 89.3 cm³/mol. The van der Waals surface area contributed by atoms with E-state index >= 15 is 0 Å². The van der Waals surface area contributed by atoms with Crippen LogP contribution in [0.4, 0.5) is 0 Å². The molecule has 0 atom stereocenters. The largest absolute Gasteiger partial charge is 0.214 e. The zero-order valence-electron chi connectivity index (χ0n) is 12.9. The van der Waals surface area contributed by atoms with Crippen molar-refractivity contribution in [2.45, 2.75) is 24.8 Å². The van der Waals surface area contributed by atoms with Crippen LogP contribution in [0.25, 0.3) is 5.69 Å². The summed E-state index contributed by atoms with van der Waals surface area (Å²) in [6.07, 6.45) is 0. The van der Waals surface area contributed by atoms with Gasteiger partial charge < -0.3 is 0 Å². The van der Waals surface area contributed by atoms with Crippen molar-refractivity contribution in [2.75, 3.05) is 0 Å². The molecule has 3 rings (SSSR count). The van der Waals surface area contributed by atoms with Gasteiger partial charge in [0.25, 0.3) is 0 Å². The van der Waals surface area contributed by atoms with E-state index in [4.69, 9.17) is 5.26 Å². The minimum atomic E-state index is 0.666. The van der Waals surface area contributed by atoms with E-state index < -0.39 is 0 Å². The first-order chi connectivity index (χ1) is 11.2. The summed E-state index contributed by atoms with van der Waals surface area (Å²) in [5.41, 5.74) is 5.13. The van der Waals surface area contributed by atoms with Gasteiger partial charge in [0.05, 0.1) is 17.3 Å². The number of hydrogen-bond donors (Lipinski definition) is 0. The Balaban J connectivity index is 1.79. The van der Waals surface area contributed by atoms with Crippen LogP contribution in [0.15, 0.2) is 47.6 Å². The van der Waals surface area contributed by atoms with E-state index in [0.717, 1.165) is 27.7 Å². The first kappa shape index (κ1) is 15.3. The SMILES string of the molecule is Cc1ccc(-n2nnnc2SCc2ccc(C#N)cc2)c(C)c1. The van der Waals surface area contributed by atoms with Crippen LogP contribution in [0.2, 0.25) is 0 Å². The molecule has 1 heterocycles. The maximum absolute atomic E-state index is 8.83. The first-order valence-electron chi connectivity index (χ1n) is 7.15. The van der Waals surface area contributed by atoms with Crippen molar-refractivity contribution in [1.29, 1.82) is 5.26 Å². The van der Waals surface area contributed by atoms with Gasteiger partial charge in [-0.2, -0.15) is 9.94 Å². The summed E-state index contributed by atoms with van der Waals surface area (Å²) in [4.78, 5) is 0. The van der Waals surface area contributed by atoms with Crippen molar-refractivity contribution in [3.05, 3.63) is 64.7 Å². The Morgan fingerprint density at radius 2 is 1.91 bits per heavy atom. The lowest BCUT2D eigenvalue weighted by atomic mass is 10.1. The summed E-state index contributed by atoms with van der Waals surface area (Å²) in [6.45, 7) is 4.12. The standard InChI is InChI=1S/C17H15N5S/c1-12-3-8-16(13(2)9-12)22-17(19-20-21-22)23-11-15-6-4-14(10-18)5-7-15/h3-9H,11H2,1-2H3. The lowest BCUT2D eigenvalue weighted by Crippen LogP contribution is -2.01. The Kier molecular flexibility index (Phi) is 4.40. The summed E-state index contributed by atoms with van der Waals surface area (Å²) >= 11 is 1.57. The second-order valence-corrected chi connectivity index (χ2v) is 6.20. The molecule has 0 aliphatic rings. The summed E-state index contributed by atoms with van der Waals surface area (Å²) in [5, 5.41) is 21.6. The van der Waals surface area contributed by atoms with Gasteiger partial charge in [0.2, 0.25) is 5.16 Å². The zero-order chi connectivity index (χ0) is 16.2. The van der Waals surface area contributed by atoms with Crippen LogP contribution in [0.5, 0.6) is 0 Å². The number of nitrogens with zero attached hydrogens (tertiary/aromatic N) is 5. The highest BCUT2D eigenvalue weighted by Crippen LogP contribution is 2.24. The second kappa shape index (κ2) is 6.63. The van der Waals surface area contributed by atoms with Gasteiger partial charge in [0, 0.05) is 5.75 Å². The van der Waals surface area contributed by atoms with Gasteiger partial charge in [-0.05, 0) is 53.6 Å². The zero-order valence-corrected chi connectivity index (χ0v) is 13.7. The molecule has 5 nitrogen and oxygen atoms in total. The number of thioether (sulfide) groups is 1. The van der Waals surface area contributed by atoms with E-state index in [1.54, 1.807) is 16.4 Å². The Morgan fingerprint density at radius 3 is 2.61 bits per heavy atom. The highest BCUT2D eigenvalue weighted by Gasteiger charge is 2.11. The fourth-order valence-electron chi connectivity index (χ4n) is 2.29. The number of rotatable bonds is 4. The molecule has 23 heavy (non-hydrogen) atoms. The number of nitriles is 1. The van der Waals surface area contributed by atoms with Crippen LogP contribution in [-0.4, -0.2) is 20.2 Å². The molecule has 0 spiro atoms. The smallest absolute Gasteiger partial charge is 0.192 e. The van der Waals surface area contributed by atoms with Gasteiger partial charge in [-0.25, -0.2) is 0 Å². The van der Waals surface area contributed by atoms with Crippen molar-refractivity contribution in [3.63, 3.8) is 0 Å². The number of tetrazole rings is 1. The quantitative estimate of drug-likeness (QED) is 0.689. The topological polar surface area (TPSA) is 67.4 Å². The molecule has 0 fully saturated rings. The van der Waals surface area contributed by atoms with Crippen LogP contribution < -0.4 is 0 Å². The molecule has 3 aromatic rings. The molecule has 0 amide bonds. The molecule has 0 bridgehead atoms. The Morgan fingerprint density at radius 1 is 1.13 bits per heavy atom. The summed E-state index contributed by atoms with van der Waals surface area (Å²) in [6, 6.07) is 15.9. The fraction of sp³-hybridized carbons (Fsp3) is 0.176. The number of aromatic nitrogens is 4. The molecule has 114 valence electrons. The highest BCUT2D eigenvalue weighted by molar-refractivity contribution is 7.98. The fourth-order valence-corrected chi connectivity index (χ4v) is 3.13. The van der Waals surface area contributed by atoms with E-state index in [2.05, 4.69) is 47.6 Å². The van der Waals surface area contributed by atoms with Gasteiger partial charge >= 0.3 is 0 Å². The van der Waals surface area contributed by atoms with Crippen molar-refractivity contribution in [2.24, 2.45) is 0 Å². The number of aryl methyl sites for hydroxylation is 2. The molecule has 0 aliphatic heterocycles. The third-order valence-electron chi connectivity index (χ3n) is 3.47. The average molecular weight is 321 g/mol. The van der Waals surface area contributed by atoms with Gasteiger partial charge in [-0.1, -0.05) is 41.6 Å². The third-order valence-corrected chi connectivity index (χ3v) is 4.46. The predicted octanol–water partition coefficient (Wildman–Crippen LogP) is 3.44. The normalized spacial score (nSPS) is 10.5. The Hall–Kier alpha value is -2.65. The third kappa shape index (κ3) is 3.41. The summed E-state index contributed by atoms with van der Waals surface area (Å²) in [5.74, 6) is 0.747. The van der Waals surface area contributed by atoms with E-state index in [0.29, 0.717) is 5.56 Å². The van der Waals surface area contributed by atoms with Gasteiger partial charge in [0.1, 0.15) is 0 Å². The van der Waals surface area contributed by atoms with E-state index in [-0.39, 0.29) is 0 Å². The molecule has 0 unspecified atom stereocenters. The highest BCUT2D eigenvalue weighted by atomic mass is 32.2. The minimum absolute atomic E-state index is 0.666. The van der Waals surface area contributed by atoms with Crippen molar-refractivity contribution >= 4 is 11.8 Å². The maximum Gasteiger partial charge on any atom is 0.214 e. The van der Waals surface area contributed by atoms with Crippen LogP contribution in [0, 0.1) is 25.2 Å². The first-order valence-corrected chi connectivity index (χ1v) is 8.14. The molecule has 2 aromatic carbocycles. The lowest BCUT2D eigenvalue weighted by Gasteiger charge is -2.08. The Bertz CT molecular complexity index is 861. The van der Waals surface area contributed by atoms with Crippen LogP contribution in [-0.2, 0) is 5.75 Å². The molecule has 0 radical (unpaired) electrons.